The normalized spacial score (nSPS) is 14.3. The molecule has 0 bridgehead atoms. The lowest BCUT2D eigenvalue weighted by Crippen LogP contribution is -2.56. The van der Waals surface area contributed by atoms with E-state index in [-0.39, 0.29) is 24.7 Å². The zero-order valence-electron chi connectivity index (χ0n) is 19.0. The van der Waals surface area contributed by atoms with Gasteiger partial charge < -0.3 is 43.4 Å². The molecule has 0 rings (SSSR count). The molecule has 0 radical (unpaired) electrons. The minimum absolute atomic E-state index is 0.00947. The summed E-state index contributed by atoms with van der Waals surface area (Å²) in [6, 6.07) is -4.74. The number of nitrogens with one attached hydrogen (secondary N) is 3. The highest BCUT2D eigenvalue weighted by Gasteiger charge is 2.29. The molecular formula is C19H35N7O7. The van der Waals surface area contributed by atoms with Crippen LogP contribution < -0.4 is 33.2 Å². The van der Waals surface area contributed by atoms with Gasteiger partial charge in [-0.1, -0.05) is 13.8 Å². The molecule has 3 amide bonds. The molecule has 0 saturated heterocycles. The monoisotopic (exact) mass is 473 g/mol. The van der Waals surface area contributed by atoms with Crippen LogP contribution in [0.2, 0.25) is 0 Å². The number of carboxylic acid groups (broad SMARTS) is 2. The summed E-state index contributed by atoms with van der Waals surface area (Å²) >= 11 is 0. The highest BCUT2D eigenvalue weighted by atomic mass is 16.4. The van der Waals surface area contributed by atoms with Gasteiger partial charge >= 0.3 is 11.9 Å². The molecule has 14 heteroatoms. The number of carbonyl (C=O) groups excluding carboxylic acids is 3. The van der Waals surface area contributed by atoms with Crippen LogP contribution in [-0.4, -0.2) is 76.5 Å². The smallest absolute Gasteiger partial charge is 0.326 e. The number of amides is 3. The molecule has 11 N–H and O–H groups in total. The van der Waals surface area contributed by atoms with Crippen molar-refractivity contribution in [3.8, 4) is 0 Å². The summed E-state index contributed by atoms with van der Waals surface area (Å²) in [5.74, 6) is -5.12. The molecule has 33 heavy (non-hydrogen) atoms. The second-order valence-corrected chi connectivity index (χ2v) is 7.97. The largest absolute Gasteiger partial charge is 0.481 e. The van der Waals surface area contributed by atoms with Crippen molar-refractivity contribution in [3.05, 3.63) is 0 Å². The number of aliphatic imine (C=N–C) groups is 1. The second-order valence-electron chi connectivity index (χ2n) is 7.97. The number of carbonyl (C=O) groups is 5. The number of aliphatic carboxylic acids is 2. The Hall–Kier alpha value is -3.42. The van der Waals surface area contributed by atoms with Gasteiger partial charge in [0.2, 0.25) is 17.7 Å². The zero-order chi connectivity index (χ0) is 25.7. The number of guanidine groups is 1. The fraction of sp³-hybridized carbons (Fsp3) is 0.684. The van der Waals surface area contributed by atoms with E-state index in [2.05, 4.69) is 20.9 Å². The first kappa shape index (κ1) is 29.6. The summed E-state index contributed by atoms with van der Waals surface area (Å²) in [5, 5.41) is 24.8. The van der Waals surface area contributed by atoms with Gasteiger partial charge in [0.15, 0.2) is 5.96 Å². The average Bonchev–Trinajstić information content (AvgIpc) is 2.68. The summed E-state index contributed by atoms with van der Waals surface area (Å²) in [4.78, 5) is 63.0. The Morgan fingerprint density at radius 3 is 1.94 bits per heavy atom. The fourth-order valence-corrected chi connectivity index (χ4v) is 2.68. The van der Waals surface area contributed by atoms with Gasteiger partial charge in [-0.3, -0.25) is 24.2 Å². The van der Waals surface area contributed by atoms with Gasteiger partial charge in [-0.25, -0.2) is 4.79 Å². The lowest BCUT2D eigenvalue weighted by molar-refractivity contribution is -0.147. The van der Waals surface area contributed by atoms with Crippen molar-refractivity contribution < 1.29 is 34.2 Å². The first-order valence-corrected chi connectivity index (χ1v) is 10.4. The highest BCUT2D eigenvalue weighted by molar-refractivity contribution is 5.94. The predicted molar refractivity (Wildman–Crippen MR) is 119 cm³/mol. The van der Waals surface area contributed by atoms with Gasteiger partial charge in [0, 0.05) is 6.54 Å². The number of hydrogen-bond acceptors (Lipinski definition) is 7. The van der Waals surface area contributed by atoms with Gasteiger partial charge in [-0.2, -0.15) is 0 Å². The van der Waals surface area contributed by atoms with Crippen molar-refractivity contribution in [3.63, 3.8) is 0 Å². The highest BCUT2D eigenvalue weighted by Crippen LogP contribution is 2.07. The van der Waals surface area contributed by atoms with Gasteiger partial charge in [0.05, 0.1) is 12.5 Å². The third kappa shape index (κ3) is 12.9. The Kier molecular flexibility index (Phi) is 13.1. The molecule has 0 fully saturated rings. The summed E-state index contributed by atoms with van der Waals surface area (Å²) in [6.45, 7) is 5.27. The van der Waals surface area contributed by atoms with Gasteiger partial charge in [0.1, 0.15) is 18.1 Å². The quantitative estimate of drug-likeness (QED) is 0.0701. The van der Waals surface area contributed by atoms with E-state index in [1.165, 1.54) is 6.92 Å². The van der Waals surface area contributed by atoms with Crippen LogP contribution in [0, 0.1) is 5.92 Å². The molecule has 0 aliphatic carbocycles. The van der Waals surface area contributed by atoms with Gasteiger partial charge in [0.25, 0.3) is 0 Å². The molecule has 0 aliphatic heterocycles. The van der Waals surface area contributed by atoms with E-state index in [1.54, 1.807) is 0 Å². The van der Waals surface area contributed by atoms with Crippen molar-refractivity contribution in [1.29, 1.82) is 0 Å². The van der Waals surface area contributed by atoms with Crippen LogP contribution in [-0.2, 0) is 24.0 Å². The molecule has 0 aliphatic rings. The Bertz CT molecular complexity index is 738. The van der Waals surface area contributed by atoms with E-state index in [0.717, 1.165) is 0 Å². The summed E-state index contributed by atoms with van der Waals surface area (Å²) in [5.41, 5.74) is 16.3. The zero-order valence-corrected chi connectivity index (χ0v) is 19.0. The molecule has 188 valence electrons. The maximum atomic E-state index is 12.7. The summed E-state index contributed by atoms with van der Waals surface area (Å²) in [7, 11) is 0. The molecule has 4 unspecified atom stereocenters. The van der Waals surface area contributed by atoms with E-state index < -0.39 is 60.2 Å². The SMILES string of the molecule is CC(C)CC(NC(=O)C(N)CCCN=C(N)N)C(=O)NC(C)C(=O)NC(CC(=O)O)C(=O)O. The van der Waals surface area contributed by atoms with Crippen LogP contribution in [0.1, 0.15) is 46.5 Å². The number of hydrogen-bond donors (Lipinski definition) is 8. The molecule has 0 aromatic carbocycles. The van der Waals surface area contributed by atoms with Crippen LogP contribution in [0.15, 0.2) is 4.99 Å². The first-order chi connectivity index (χ1) is 15.2. The summed E-state index contributed by atoms with van der Waals surface area (Å²) in [6.07, 6.45) is 0.154. The van der Waals surface area contributed by atoms with Crippen molar-refractivity contribution in [2.75, 3.05) is 6.54 Å². The van der Waals surface area contributed by atoms with Crippen LogP contribution in [0.4, 0.5) is 0 Å². The Balaban J connectivity index is 5.01. The lowest BCUT2D eigenvalue weighted by Gasteiger charge is -2.24. The molecule has 0 heterocycles. The standard InChI is InChI=1S/C19H35N7O7/c1-9(2)7-12(25-16(30)11(20)5-4-6-23-19(21)22)17(31)24-10(3)15(29)26-13(18(32)33)8-14(27)28/h9-13H,4-8,20H2,1-3H3,(H,24,31)(H,25,30)(H,26,29)(H,27,28)(H,32,33)(H4,21,22,23). The minimum atomic E-state index is -1.66. The summed E-state index contributed by atoms with van der Waals surface area (Å²) < 4.78 is 0. The van der Waals surface area contributed by atoms with Crippen molar-refractivity contribution >= 4 is 35.6 Å². The van der Waals surface area contributed by atoms with E-state index in [0.29, 0.717) is 13.0 Å². The number of carboxylic acids is 2. The van der Waals surface area contributed by atoms with Crippen LogP contribution in [0.5, 0.6) is 0 Å². The van der Waals surface area contributed by atoms with Crippen molar-refractivity contribution in [1.82, 2.24) is 16.0 Å². The predicted octanol–water partition coefficient (Wildman–Crippen LogP) is -2.55. The molecule has 0 spiro atoms. The molecule has 4 atom stereocenters. The maximum Gasteiger partial charge on any atom is 0.326 e. The van der Waals surface area contributed by atoms with E-state index in [4.69, 9.17) is 27.4 Å². The van der Waals surface area contributed by atoms with Crippen LogP contribution >= 0.6 is 0 Å². The average molecular weight is 474 g/mol. The molecule has 0 aromatic rings. The van der Waals surface area contributed by atoms with Crippen molar-refractivity contribution in [2.24, 2.45) is 28.1 Å². The van der Waals surface area contributed by atoms with Gasteiger partial charge in [-0.05, 0) is 32.1 Å². The second kappa shape index (κ2) is 14.6. The lowest BCUT2D eigenvalue weighted by atomic mass is 10.0. The topological polar surface area (TPSA) is 252 Å². The maximum absolute atomic E-state index is 12.7. The molecule has 0 aromatic heterocycles. The Morgan fingerprint density at radius 2 is 1.45 bits per heavy atom. The number of rotatable bonds is 15. The first-order valence-electron chi connectivity index (χ1n) is 10.4. The van der Waals surface area contributed by atoms with Gasteiger partial charge in [-0.15, -0.1) is 0 Å². The Morgan fingerprint density at radius 1 is 0.879 bits per heavy atom. The third-order valence-electron chi connectivity index (χ3n) is 4.39. The van der Waals surface area contributed by atoms with E-state index in [9.17, 15) is 24.0 Å². The van der Waals surface area contributed by atoms with Crippen LogP contribution in [0.25, 0.3) is 0 Å². The minimum Gasteiger partial charge on any atom is -0.481 e. The molecule has 14 nitrogen and oxygen atoms in total. The molecule has 0 saturated carbocycles. The van der Waals surface area contributed by atoms with E-state index in [1.807, 2.05) is 13.8 Å². The molecular weight excluding hydrogens is 438 g/mol. The van der Waals surface area contributed by atoms with Crippen molar-refractivity contribution in [2.45, 2.75) is 70.6 Å². The Labute approximate surface area is 191 Å². The number of nitrogens with zero attached hydrogens (tertiary/aromatic N) is 1. The van der Waals surface area contributed by atoms with Crippen LogP contribution in [0.3, 0.4) is 0 Å². The van der Waals surface area contributed by atoms with E-state index >= 15 is 0 Å². The number of nitrogens with two attached hydrogens (primary N) is 3. The fourth-order valence-electron chi connectivity index (χ4n) is 2.68. The third-order valence-corrected chi connectivity index (χ3v) is 4.39.